The minimum Gasteiger partial charge on any atom is -0.372 e. The zero-order chi connectivity index (χ0) is 16.4. The van der Waals surface area contributed by atoms with Gasteiger partial charge in [-0.3, -0.25) is 4.79 Å². The van der Waals surface area contributed by atoms with E-state index in [1.807, 2.05) is 38.1 Å². The van der Waals surface area contributed by atoms with E-state index >= 15 is 0 Å². The number of rotatable bonds is 3. The van der Waals surface area contributed by atoms with Crippen molar-refractivity contribution in [2.24, 2.45) is 0 Å². The molecule has 0 bridgehead atoms. The Balaban J connectivity index is 1.66. The van der Waals surface area contributed by atoms with Crippen LogP contribution in [-0.4, -0.2) is 56.3 Å². The van der Waals surface area contributed by atoms with Gasteiger partial charge in [-0.2, -0.15) is 4.80 Å². The molecule has 122 valence electrons. The van der Waals surface area contributed by atoms with Gasteiger partial charge in [0, 0.05) is 23.1 Å². The molecule has 1 aliphatic rings. The Morgan fingerprint density at radius 2 is 1.91 bits per heavy atom. The van der Waals surface area contributed by atoms with Crippen molar-refractivity contribution in [1.82, 2.24) is 25.1 Å². The third-order valence-electron chi connectivity index (χ3n) is 3.60. The summed E-state index contributed by atoms with van der Waals surface area (Å²) in [5, 5.41) is 12.3. The summed E-state index contributed by atoms with van der Waals surface area (Å²) in [7, 11) is 0. The highest BCUT2D eigenvalue weighted by Gasteiger charge is 2.26. The molecule has 1 fully saturated rings. The van der Waals surface area contributed by atoms with Gasteiger partial charge in [-0.25, -0.2) is 0 Å². The van der Waals surface area contributed by atoms with Gasteiger partial charge >= 0.3 is 0 Å². The van der Waals surface area contributed by atoms with Crippen LogP contribution in [0.4, 0.5) is 0 Å². The van der Waals surface area contributed by atoms with Crippen molar-refractivity contribution >= 4 is 21.8 Å². The highest BCUT2D eigenvalue weighted by molar-refractivity contribution is 9.10. The van der Waals surface area contributed by atoms with Gasteiger partial charge in [0.2, 0.25) is 11.7 Å². The summed E-state index contributed by atoms with van der Waals surface area (Å²) in [6, 6.07) is 7.63. The number of amides is 1. The SMILES string of the molecule is C[C@@H]1CN(C(=O)Cn2nnc(-c3ccc(Br)cc3)n2)C[C@H](C)O1. The summed E-state index contributed by atoms with van der Waals surface area (Å²) in [5.41, 5.74) is 0.862. The van der Waals surface area contributed by atoms with Crippen LogP contribution in [0.15, 0.2) is 28.7 Å². The van der Waals surface area contributed by atoms with Crippen molar-refractivity contribution in [1.29, 1.82) is 0 Å². The Bertz CT molecular complexity index is 677. The van der Waals surface area contributed by atoms with E-state index in [2.05, 4.69) is 31.3 Å². The maximum absolute atomic E-state index is 12.4. The maximum atomic E-state index is 12.4. The largest absolute Gasteiger partial charge is 0.372 e. The molecule has 0 N–H and O–H groups in total. The second-order valence-electron chi connectivity index (χ2n) is 5.71. The number of ether oxygens (including phenoxy) is 1. The number of carbonyl (C=O) groups is 1. The van der Waals surface area contributed by atoms with Crippen LogP contribution in [0.1, 0.15) is 13.8 Å². The van der Waals surface area contributed by atoms with Gasteiger partial charge in [0.25, 0.3) is 0 Å². The molecule has 8 heteroatoms. The van der Waals surface area contributed by atoms with E-state index < -0.39 is 0 Å². The first kappa shape index (κ1) is 16.1. The third kappa shape index (κ3) is 3.94. The van der Waals surface area contributed by atoms with Crippen molar-refractivity contribution in [2.45, 2.75) is 32.6 Å². The monoisotopic (exact) mass is 379 g/mol. The quantitative estimate of drug-likeness (QED) is 0.811. The van der Waals surface area contributed by atoms with Crippen LogP contribution >= 0.6 is 15.9 Å². The van der Waals surface area contributed by atoms with Crippen LogP contribution in [-0.2, 0) is 16.1 Å². The van der Waals surface area contributed by atoms with Gasteiger partial charge in [0.1, 0.15) is 6.54 Å². The fourth-order valence-electron chi connectivity index (χ4n) is 2.63. The first-order valence-corrected chi connectivity index (χ1v) is 8.27. The maximum Gasteiger partial charge on any atom is 0.246 e. The number of benzene rings is 1. The van der Waals surface area contributed by atoms with Crippen LogP contribution < -0.4 is 0 Å². The molecule has 3 rings (SSSR count). The number of hydrogen-bond donors (Lipinski definition) is 0. The van der Waals surface area contributed by atoms with Gasteiger partial charge < -0.3 is 9.64 Å². The van der Waals surface area contributed by atoms with E-state index in [0.29, 0.717) is 18.9 Å². The number of halogens is 1. The van der Waals surface area contributed by atoms with Gasteiger partial charge in [-0.05, 0) is 43.3 Å². The zero-order valence-corrected chi connectivity index (χ0v) is 14.6. The topological polar surface area (TPSA) is 73.1 Å². The third-order valence-corrected chi connectivity index (χ3v) is 4.13. The highest BCUT2D eigenvalue weighted by Crippen LogP contribution is 2.17. The standard InChI is InChI=1S/C15H18BrN5O2/c1-10-7-20(8-11(2)23-10)14(22)9-21-18-15(17-19-21)12-3-5-13(16)6-4-12/h3-6,10-11H,7-9H2,1-2H3/t10-,11+. The molecular formula is C15H18BrN5O2. The number of carbonyl (C=O) groups excluding carboxylic acids is 1. The minimum atomic E-state index is -0.0215. The Morgan fingerprint density at radius 3 is 2.57 bits per heavy atom. The molecule has 2 atom stereocenters. The first-order chi connectivity index (χ1) is 11.0. The highest BCUT2D eigenvalue weighted by atomic mass is 79.9. The van der Waals surface area contributed by atoms with E-state index in [9.17, 15) is 4.79 Å². The summed E-state index contributed by atoms with van der Waals surface area (Å²) in [6.07, 6.45) is 0.0921. The summed E-state index contributed by atoms with van der Waals surface area (Å²) < 4.78 is 6.63. The van der Waals surface area contributed by atoms with Crippen molar-refractivity contribution < 1.29 is 9.53 Å². The molecule has 1 aliphatic heterocycles. The molecule has 7 nitrogen and oxygen atoms in total. The predicted octanol–water partition coefficient (Wildman–Crippen LogP) is 1.74. The molecule has 0 radical (unpaired) electrons. The van der Waals surface area contributed by atoms with Crippen LogP contribution in [0, 0.1) is 0 Å². The van der Waals surface area contributed by atoms with E-state index in [4.69, 9.17) is 4.74 Å². The van der Waals surface area contributed by atoms with E-state index in [0.717, 1.165) is 10.0 Å². The van der Waals surface area contributed by atoms with Gasteiger partial charge in [0.05, 0.1) is 12.2 Å². The lowest BCUT2D eigenvalue weighted by molar-refractivity contribution is -0.144. The Labute approximate surface area is 142 Å². The molecular weight excluding hydrogens is 362 g/mol. The molecule has 1 amide bonds. The van der Waals surface area contributed by atoms with E-state index in [-0.39, 0.29) is 24.7 Å². The fraction of sp³-hybridized carbons (Fsp3) is 0.467. The number of tetrazole rings is 1. The molecule has 0 saturated carbocycles. The van der Waals surface area contributed by atoms with Gasteiger partial charge in [-0.1, -0.05) is 15.9 Å². The number of nitrogens with zero attached hydrogens (tertiary/aromatic N) is 5. The lowest BCUT2D eigenvalue weighted by atomic mass is 10.2. The number of hydrogen-bond acceptors (Lipinski definition) is 5. The number of morpholine rings is 1. The molecule has 1 saturated heterocycles. The molecule has 2 heterocycles. The minimum absolute atomic E-state index is 0.0215. The van der Waals surface area contributed by atoms with Crippen LogP contribution in [0.5, 0.6) is 0 Å². The van der Waals surface area contributed by atoms with E-state index in [1.54, 1.807) is 4.90 Å². The average Bonchev–Trinajstić information content (AvgIpc) is 2.95. The van der Waals surface area contributed by atoms with Gasteiger partial charge in [0.15, 0.2) is 0 Å². The van der Waals surface area contributed by atoms with Crippen molar-refractivity contribution in [3.8, 4) is 11.4 Å². The summed E-state index contributed by atoms with van der Waals surface area (Å²) in [5.74, 6) is 0.487. The lowest BCUT2D eigenvalue weighted by Crippen LogP contribution is -2.49. The predicted molar refractivity (Wildman–Crippen MR) is 87.5 cm³/mol. The van der Waals surface area contributed by atoms with Crippen LogP contribution in [0.3, 0.4) is 0 Å². The van der Waals surface area contributed by atoms with E-state index in [1.165, 1.54) is 4.80 Å². The summed E-state index contributed by atoms with van der Waals surface area (Å²) >= 11 is 3.39. The zero-order valence-electron chi connectivity index (χ0n) is 13.0. The summed E-state index contributed by atoms with van der Waals surface area (Å²) in [4.78, 5) is 15.5. The molecule has 0 spiro atoms. The van der Waals surface area contributed by atoms with Crippen LogP contribution in [0.2, 0.25) is 0 Å². The molecule has 2 aromatic rings. The van der Waals surface area contributed by atoms with Gasteiger partial charge in [-0.15, -0.1) is 10.2 Å². The molecule has 23 heavy (non-hydrogen) atoms. The number of aromatic nitrogens is 4. The van der Waals surface area contributed by atoms with Crippen molar-refractivity contribution in [3.63, 3.8) is 0 Å². The Kier molecular flexibility index (Phi) is 4.72. The molecule has 1 aromatic heterocycles. The van der Waals surface area contributed by atoms with Crippen molar-refractivity contribution in [2.75, 3.05) is 13.1 Å². The summed E-state index contributed by atoms with van der Waals surface area (Å²) in [6.45, 7) is 5.21. The van der Waals surface area contributed by atoms with Crippen molar-refractivity contribution in [3.05, 3.63) is 28.7 Å². The average molecular weight is 380 g/mol. The fourth-order valence-corrected chi connectivity index (χ4v) is 2.89. The Hall–Kier alpha value is -1.80. The lowest BCUT2D eigenvalue weighted by Gasteiger charge is -2.35. The first-order valence-electron chi connectivity index (χ1n) is 7.48. The van der Waals surface area contributed by atoms with Crippen LogP contribution in [0.25, 0.3) is 11.4 Å². The smallest absolute Gasteiger partial charge is 0.246 e. The normalized spacial score (nSPS) is 21.4. The molecule has 0 unspecified atom stereocenters. The second kappa shape index (κ2) is 6.76. The Morgan fingerprint density at radius 1 is 1.26 bits per heavy atom. The molecule has 1 aromatic carbocycles. The second-order valence-corrected chi connectivity index (χ2v) is 6.62. The molecule has 0 aliphatic carbocycles.